The molecule has 0 heterocycles. The van der Waals surface area contributed by atoms with Gasteiger partial charge in [-0.15, -0.1) is 0 Å². The maximum Gasteiger partial charge on any atom is 0.0602 e. The molecule has 1 aliphatic rings. The van der Waals surface area contributed by atoms with Crippen molar-refractivity contribution in [2.24, 2.45) is 0 Å². The first-order chi connectivity index (χ1) is 5.81. The lowest BCUT2D eigenvalue weighted by atomic mass is 10.1. The Labute approximate surface area is 71.5 Å². The second-order valence-corrected chi connectivity index (χ2v) is 3.12. The highest BCUT2D eigenvalue weighted by Gasteiger charge is 2.21. The maximum absolute atomic E-state index is 8.57. The molecular weight excluding hydrogens is 150 g/mol. The van der Waals surface area contributed by atoms with Crippen LogP contribution in [0.2, 0.25) is 0 Å². The lowest BCUT2D eigenvalue weighted by Gasteiger charge is -2.01. The number of hydrogen-bond donors (Lipinski definition) is 2. The van der Waals surface area contributed by atoms with Crippen LogP contribution >= 0.6 is 0 Å². The van der Waals surface area contributed by atoms with Gasteiger partial charge < -0.3 is 0 Å². The van der Waals surface area contributed by atoms with E-state index in [-0.39, 0.29) is 0 Å². The monoisotopic (exact) mass is 161 g/mol. The summed E-state index contributed by atoms with van der Waals surface area (Å²) < 4.78 is 0. The first-order valence-corrected chi connectivity index (χ1v) is 3.99. The van der Waals surface area contributed by atoms with Crippen molar-refractivity contribution in [3.63, 3.8) is 0 Å². The fraction of sp³-hybridized carbons (Fsp3) is 0.200. The Morgan fingerprint density at radius 2 is 1.83 bits per heavy atom. The van der Waals surface area contributed by atoms with Gasteiger partial charge in [0.15, 0.2) is 0 Å². The molecule has 0 saturated carbocycles. The van der Waals surface area contributed by atoms with Gasteiger partial charge in [-0.2, -0.15) is 0 Å². The van der Waals surface area contributed by atoms with E-state index < -0.39 is 0 Å². The molecule has 1 atom stereocenters. The Hall–Kier alpha value is -1.28. The van der Waals surface area contributed by atoms with Gasteiger partial charge in [0.2, 0.25) is 0 Å². The van der Waals surface area contributed by atoms with Gasteiger partial charge in [0.1, 0.15) is 0 Å². The summed E-state index contributed by atoms with van der Waals surface area (Å²) in [5.74, 6) is 0.553. The van der Waals surface area contributed by atoms with E-state index in [9.17, 15) is 0 Å². The van der Waals surface area contributed by atoms with E-state index in [2.05, 4.69) is 18.5 Å². The minimum absolute atomic E-state index is 0.553. The zero-order chi connectivity index (χ0) is 8.55. The number of benzene rings is 1. The van der Waals surface area contributed by atoms with Crippen LogP contribution in [0.4, 0.5) is 5.69 Å². The summed E-state index contributed by atoms with van der Waals surface area (Å²) in [6.45, 7) is 2.13. The second-order valence-electron chi connectivity index (χ2n) is 3.12. The molecule has 2 rings (SSSR count). The van der Waals surface area contributed by atoms with Crippen molar-refractivity contribution < 1.29 is 5.21 Å². The van der Waals surface area contributed by atoms with Gasteiger partial charge in [-0.05, 0) is 24.6 Å². The summed E-state index contributed by atoms with van der Waals surface area (Å²) in [6, 6.07) is 7.79. The van der Waals surface area contributed by atoms with Crippen LogP contribution in [0.15, 0.2) is 35.9 Å². The van der Waals surface area contributed by atoms with Crippen molar-refractivity contribution in [3.05, 3.63) is 41.5 Å². The van der Waals surface area contributed by atoms with Crippen LogP contribution in [0.1, 0.15) is 18.4 Å². The average molecular weight is 161 g/mol. The molecule has 1 aromatic carbocycles. The first kappa shape index (κ1) is 7.37. The molecule has 0 amide bonds. The SMILES string of the molecule is CC1=CC1c1ccc(NO)cc1. The highest BCUT2D eigenvalue weighted by Crippen LogP contribution is 2.38. The fourth-order valence-electron chi connectivity index (χ4n) is 1.34. The van der Waals surface area contributed by atoms with Crippen molar-refractivity contribution in [1.82, 2.24) is 0 Å². The minimum atomic E-state index is 0.553. The molecule has 0 radical (unpaired) electrons. The van der Waals surface area contributed by atoms with Crippen LogP contribution in [0.5, 0.6) is 0 Å². The largest absolute Gasteiger partial charge is 0.291 e. The Morgan fingerprint density at radius 1 is 1.25 bits per heavy atom. The van der Waals surface area contributed by atoms with Crippen LogP contribution in [0.3, 0.4) is 0 Å². The van der Waals surface area contributed by atoms with Gasteiger partial charge in [-0.3, -0.25) is 10.7 Å². The van der Waals surface area contributed by atoms with Crippen molar-refractivity contribution in [3.8, 4) is 0 Å². The highest BCUT2D eigenvalue weighted by atomic mass is 16.5. The number of allylic oxidation sites excluding steroid dienone is 2. The van der Waals surface area contributed by atoms with Gasteiger partial charge in [0.25, 0.3) is 0 Å². The molecule has 0 fully saturated rings. The molecular formula is C10H11NO. The predicted octanol–water partition coefficient (Wildman–Crippen LogP) is 2.53. The zero-order valence-electron chi connectivity index (χ0n) is 6.91. The molecule has 0 bridgehead atoms. The summed E-state index contributed by atoms with van der Waals surface area (Å²) in [5, 5.41) is 8.57. The van der Waals surface area contributed by atoms with Crippen LogP contribution in [0.25, 0.3) is 0 Å². The summed E-state index contributed by atoms with van der Waals surface area (Å²) >= 11 is 0. The molecule has 0 aromatic heterocycles. The quantitative estimate of drug-likeness (QED) is 0.516. The highest BCUT2D eigenvalue weighted by molar-refractivity contribution is 5.49. The molecule has 0 aliphatic heterocycles. The zero-order valence-corrected chi connectivity index (χ0v) is 6.91. The number of nitrogens with one attached hydrogen (secondary N) is 1. The molecule has 2 heteroatoms. The minimum Gasteiger partial charge on any atom is -0.291 e. The smallest absolute Gasteiger partial charge is 0.0602 e. The van der Waals surface area contributed by atoms with Crippen molar-refractivity contribution in [2.45, 2.75) is 12.8 Å². The van der Waals surface area contributed by atoms with Gasteiger partial charge in [0, 0.05) is 5.92 Å². The summed E-state index contributed by atoms with van der Waals surface area (Å²) in [5.41, 5.74) is 5.57. The molecule has 0 saturated heterocycles. The molecule has 0 spiro atoms. The molecule has 12 heavy (non-hydrogen) atoms. The van der Waals surface area contributed by atoms with Crippen LogP contribution in [-0.4, -0.2) is 5.21 Å². The molecule has 62 valence electrons. The third kappa shape index (κ3) is 1.21. The molecule has 2 N–H and O–H groups in total. The lowest BCUT2D eigenvalue weighted by molar-refractivity contribution is 0.389. The Bertz CT molecular complexity index is 313. The lowest BCUT2D eigenvalue weighted by Crippen LogP contribution is -1.89. The van der Waals surface area contributed by atoms with E-state index in [1.807, 2.05) is 24.3 Å². The van der Waals surface area contributed by atoms with Gasteiger partial charge in [0.05, 0.1) is 5.69 Å². The number of rotatable bonds is 2. The normalized spacial score (nSPS) is 20.2. The van der Waals surface area contributed by atoms with Crippen molar-refractivity contribution >= 4 is 5.69 Å². The van der Waals surface area contributed by atoms with Gasteiger partial charge >= 0.3 is 0 Å². The van der Waals surface area contributed by atoms with Gasteiger partial charge in [-0.1, -0.05) is 23.8 Å². The van der Waals surface area contributed by atoms with Crippen molar-refractivity contribution in [1.29, 1.82) is 0 Å². The molecule has 1 aromatic rings. The van der Waals surface area contributed by atoms with Gasteiger partial charge in [-0.25, -0.2) is 0 Å². The number of anilines is 1. The molecule has 2 nitrogen and oxygen atoms in total. The predicted molar refractivity (Wildman–Crippen MR) is 48.3 cm³/mol. The third-order valence-electron chi connectivity index (χ3n) is 2.21. The molecule has 1 aliphatic carbocycles. The topological polar surface area (TPSA) is 32.3 Å². The number of hydrogen-bond acceptors (Lipinski definition) is 2. The van der Waals surface area contributed by atoms with Crippen LogP contribution in [0, 0.1) is 0 Å². The summed E-state index contributed by atoms with van der Waals surface area (Å²) in [7, 11) is 0. The average Bonchev–Trinajstić information content (AvgIpc) is 2.83. The summed E-state index contributed by atoms with van der Waals surface area (Å²) in [6.07, 6.45) is 2.22. The van der Waals surface area contributed by atoms with E-state index in [0.29, 0.717) is 5.92 Å². The molecule has 1 unspecified atom stereocenters. The van der Waals surface area contributed by atoms with E-state index >= 15 is 0 Å². The summed E-state index contributed by atoms with van der Waals surface area (Å²) in [4.78, 5) is 0. The second kappa shape index (κ2) is 2.64. The van der Waals surface area contributed by atoms with E-state index in [1.165, 1.54) is 11.1 Å². The van der Waals surface area contributed by atoms with E-state index in [0.717, 1.165) is 5.69 Å². The Morgan fingerprint density at radius 3 is 2.25 bits per heavy atom. The van der Waals surface area contributed by atoms with Crippen LogP contribution in [-0.2, 0) is 0 Å². The third-order valence-corrected chi connectivity index (χ3v) is 2.21. The Balaban J connectivity index is 2.15. The van der Waals surface area contributed by atoms with E-state index in [1.54, 1.807) is 0 Å². The standard InChI is InChI=1S/C10H11NO/c1-7-6-10(7)8-2-4-9(11-12)5-3-8/h2-6,10-12H,1H3. The maximum atomic E-state index is 8.57. The van der Waals surface area contributed by atoms with E-state index in [4.69, 9.17) is 5.21 Å². The first-order valence-electron chi connectivity index (χ1n) is 3.99. The fourth-order valence-corrected chi connectivity index (χ4v) is 1.34. The Kier molecular flexibility index (Phi) is 1.62. The van der Waals surface area contributed by atoms with Crippen LogP contribution < -0.4 is 5.48 Å². The van der Waals surface area contributed by atoms with Crippen molar-refractivity contribution in [2.75, 3.05) is 5.48 Å².